The number of nitrogens with zero attached hydrogens (tertiary/aromatic N) is 2. The average molecular weight is 409 g/mol. The van der Waals surface area contributed by atoms with Gasteiger partial charge in [-0.2, -0.15) is 5.10 Å². The molecule has 1 amide bonds. The summed E-state index contributed by atoms with van der Waals surface area (Å²) in [6, 6.07) is 14.9. The summed E-state index contributed by atoms with van der Waals surface area (Å²) in [5.41, 5.74) is 5.44. The van der Waals surface area contributed by atoms with Crippen LogP contribution in [0.15, 0.2) is 59.0 Å². The van der Waals surface area contributed by atoms with E-state index in [1.165, 1.54) is 23.1 Å². The van der Waals surface area contributed by atoms with Gasteiger partial charge >= 0.3 is 5.97 Å². The second-order valence-corrected chi connectivity index (χ2v) is 6.87. The maximum atomic E-state index is 12.3. The molecule has 3 rings (SSSR count). The van der Waals surface area contributed by atoms with Crippen molar-refractivity contribution in [3.63, 3.8) is 0 Å². The van der Waals surface area contributed by atoms with E-state index < -0.39 is 18.5 Å². The summed E-state index contributed by atoms with van der Waals surface area (Å²) < 4.78 is 5.20. The van der Waals surface area contributed by atoms with Crippen molar-refractivity contribution in [1.29, 1.82) is 0 Å². The molecular weight excluding hydrogens is 390 g/mol. The van der Waals surface area contributed by atoms with Gasteiger partial charge in [-0.15, -0.1) is 11.3 Å². The number of carbonyl (C=O) groups excluding carboxylic acids is 1. The minimum absolute atomic E-state index is 0.275. The number of thiazole rings is 1. The Labute approximate surface area is 171 Å². The van der Waals surface area contributed by atoms with Crippen LogP contribution < -0.4 is 10.2 Å². The van der Waals surface area contributed by atoms with Crippen molar-refractivity contribution in [1.82, 2.24) is 10.4 Å². The number of aryl methyl sites for hydroxylation is 1. The molecule has 0 aliphatic heterocycles. The number of aliphatic carboxylic acids is 1. The molecule has 0 unspecified atom stereocenters. The van der Waals surface area contributed by atoms with E-state index in [4.69, 9.17) is 9.84 Å². The number of carboxylic acid groups (broad SMARTS) is 1. The van der Waals surface area contributed by atoms with Gasteiger partial charge in [-0.25, -0.2) is 15.2 Å². The van der Waals surface area contributed by atoms with Crippen molar-refractivity contribution in [3.8, 4) is 16.3 Å². The third-order valence-corrected chi connectivity index (χ3v) is 4.88. The number of carbonyl (C=O) groups is 2. The van der Waals surface area contributed by atoms with E-state index >= 15 is 0 Å². The van der Waals surface area contributed by atoms with Gasteiger partial charge in [0.1, 0.15) is 16.5 Å². The summed E-state index contributed by atoms with van der Waals surface area (Å²) >= 11 is 1.39. The lowest BCUT2D eigenvalue weighted by atomic mass is 10.1. The van der Waals surface area contributed by atoms with Crippen LogP contribution in [-0.2, 0) is 11.2 Å². The summed E-state index contributed by atoms with van der Waals surface area (Å²) in [5, 5.41) is 15.1. The van der Waals surface area contributed by atoms with Gasteiger partial charge in [0.2, 0.25) is 0 Å². The summed E-state index contributed by atoms with van der Waals surface area (Å²) in [6.45, 7) is 1.64. The van der Waals surface area contributed by atoms with Crippen LogP contribution in [0.3, 0.4) is 0 Å². The molecule has 3 aromatic rings. The Hall–Kier alpha value is -3.52. The van der Waals surface area contributed by atoms with Crippen LogP contribution in [0.25, 0.3) is 10.6 Å². The second kappa shape index (κ2) is 9.61. The lowest BCUT2D eigenvalue weighted by Crippen LogP contribution is -2.18. The Kier molecular flexibility index (Phi) is 6.70. The SMILES string of the molecule is CCc1ccc(-c2nc(C(=O)N/N=C\c3ccccc3OCC(=O)O)cs2)cc1. The molecule has 29 heavy (non-hydrogen) atoms. The van der Waals surface area contributed by atoms with Crippen LogP contribution in [0.1, 0.15) is 28.5 Å². The zero-order chi connectivity index (χ0) is 20.6. The molecule has 0 aliphatic carbocycles. The minimum atomic E-state index is -1.08. The Balaban J connectivity index is 1.64. The zero-order valence-electron chi connectivity index (χ0n) is 15.7. The van der Waals surface area contributed by atoms with Crippen molar-refractivity contribution >= 4 is 29.4 Å². The van der Waals surface area contributed by atoms with Crippen LogP contribution in [0, 0.1) is 0 Å². The summed E-state index contributed by atoms with van der Waals surface area (Å²) in [7, 11) is 0. The van der Waals surface area contributed by atoms with Gasteiger partial charge in [-0.05, 0) is 24.1 Å². The lowest BCUT2D eigenvalue weighted by Gasteiger charge is -2.06. The van der Waals surface area contributed by atoms with E-state index in [1.807, 2.05) is 24.3 Å². The maximum Gasteiger partial charge on any atom is 0.341 e. The first kappa shape index (κ1) is 20.2. The number of nitrogens with one attached hydrogen (secondary N) is 1. The number of hydrazone groups is 1. The molecule has 1 heterocycles. The van der Waals surface area contributed by atoms with E-state index in [9.17, 15) is 9.59 Å². The average Bonchev–Trinajstić information content (AvgIpc) is 3.23. The van der Waals surface area contributed by atoms with E-state index in [0.717, 1.165) is 17.0 Å². The van der Waals surface area contributed by atoms with Gasteiger partial charge < -0.3 is 9.84 Å². The van der Waals surface area contributed by atoms with Gasteiger partial charge in [0, 0.05) is 16.5 Å². The largest absolute Gasteiger partial charge is 0.481 e. The number of benzene rings is 2. The van der Waals surface area contributed by atoms with Crippen molar-refractivity contribution in [2.24, 2.45) is 5.10 Å². The number of ether oxygens (including phenoxy) is 1. The fourth-order valence-corrected chi connectivity index (χ4v) is 3.28. The highest BCUT2D eigenvalue weighted by Crippen LogP contribution is 2.24. The molecule has 148 valence electrons. The van der Waals surface area contributed by atoms with E-state index in [1.54, 1.807) is 29.6 Å². The molecule has 0 atom stereocenters. The summed E-state index contributed by atoms with van der Waals surface area (Å²) in [4.78, 5) is 27.3. The van der Waals surface area contributed by atoms with Crippen LogP contribution in [0.4, 0.5) is 0 Å². The zero-order valence-corrected chi connectivity index (χ0v) is 16.5. The van der Waals surface area contributed by atoms with Crippen molar-refractivity contribution in [2.75, 3.05) is 6.61 Å². The monoisotopic (exact) mass is 409 g/mol. The van der Waals surface area contributed by atoms with Gasteiger partial charge in [-0.1, -0.05) is 43.3 Å². The van der Waals surface area contributed by atoms with Crippen LogP contribution >= 0.6 is 11.3 Å². The fraction of sp³-hybridized carbons (Fsp3) is 0.143. The molecule has 0 bridgehead atoms. The number of aromatic nitrogens is 1. The molecule has 0 aliphatic rings. The van der Waals surface area contributed by atoms with Crippen LogP contribution in [-0.4, -0.2) is 34.8 Å². The lowest BCUT2D eigenvalue weighted by molar-refractivity contribution is -0.139. The molecule has 0 spiro atoms. The second-order valence-electron chi connectivity index (χ2n) is 6.01. The number of hydrogen-bond donors (Lipinski definition) is 2. The predicted molar refractivity (Wildman–Crippen MR) is 112 cm³/mol. The van der Waals surface area contributed by atoms with Gasteiger partial charge in [0.25, 0.3) is 5.91 Å². The van der Waals surface area contributed by atoms with Crippen molar-refractivity contribution < 1.29 is 19.4 Å². The maximum absolute atomic E-state index is 12.3. The van der Waals surface area contributed by atoms with E-state index in [-0.39, 0.29) is 5.69 Å². The standard InChI is InChI=1S/C21H19N3O4S/c1-2-14-7-9-15(10-8-14)21-23-17(13-29-21)20(27)24-22-11-16-5-3-4-6-18(16)28-12-19(25)26/h3-11,13H,2,12H2,1H3,(H,24,27)(H,25,26)/b22-11-. The Morgan fingerprint density at radius 3 is 2.69 bits per heavy atom. The highest BCUT2D eigenvalue weighted by molar-refractivity contribution is 7.13. The first-order valence-corrected chi connectivity index (χ1v) is 9.76. The Bertz CT molecular complexity index is 1030. The molecule has 7 nitrogen and oxygen atoms in total. The van der Waals surface area contributed by atoms with Crippen molar-refractivity contribution in [3.05, 3.63) is 70.7 Å². The quantitative estimate of drug-likeness (QED) is 0.437. The molecule has 8 heteroatoms. The molecule has 1 aromatic heterocycles. The Morgan fingerprint density at radius 1 is 1.21 bits per heavy atom. The smallest absolute Gasteiger partial charge is 0.341 e. The number of carboxylic acids is 1. The molecular formula is C21H19N3O4S. The first-order chi connectivity index (χ1) is 14.1. The topological polar surface area (TPSA) is 101 Å². The van der Waals surface area contributed by atoms with Crippen LogP contribution in [0.2, 0.25) is 0 Å². The molecule has 0 fully saturated rings. The van der Waals surface area contributed by atoms with Gasteiger partial charge in [-0.3, -0.25) is 4.79 Å². The number of rotatable bonds is 8. The summed E-state index contributed by atoms with van der Waals surface area (Å²) in [6.07, 6.45) is 2.36. The highest BCUT2D eigenvalue weighted by Gasteiger charge is 2.11. The van der Waals surface area contributed by atoms with Crippen molar-refractivity contribution in [2.45, 2.75) is 13.3 Å². The fourth-order valence-electron chi connectivity index (χ4n) is 2.47. The third kappa shape index (κ3) is 5.49. The third-order valence-electron chi connectivity index (χ3n) is 3.99. The first-order valence-electron chi connectivity index (χ1n) is 8.88. The van der Waals surface area contributed by atoms with Crippen LogP contribution in [0.5, 0.6) is 5.75 Å². The van der Waals surface area contributed by atoms with Gasteiger partial charge in [0.15, 0.2) is 6.61 Å². The molecule has 2 aromatic carbocycles. The van der Waals surface area contributed by atoms with E-state index in [2.05, 4.69) is 22.4 Å². The molecule has 0 saturated carbocycles. The Morgan fingerprint density at radius 2 is 1.97 bits per heavy atom. The predicted octanol–water partition coefficient (Wildman–Crippen LogP) is 3.60. The number of hydrogen-bond acceptors (Lipinski definition) is 6. The van der Waals surface area contributed by atoms with E-state index in [0.29, 0.717) is 11.3 Å². The molecule has 0 radical (unpaired) electrons. The number of para-hydroxylation sites is 1. The molecule has 2 N–H and O–H groups in total. The van der Waals surface area contributed by atoms with Gasteiger partial charge in [0.05, 0.1) is 6.21 Å². The summed E-state index contributed by atoms with van der Waals surface area (Å²) in [5.74, 6) is -1.15. The highest BCUT2D eigenvalue weighted by atomic mass is 32.1. The molecule has 0 saturated heterocycles. The number of amides is 1. The normalized spacial score (nSPS) is 10.8. The minimum Gasteiger partial charge on any atom is -0.481 e.